The van der Waals surface area contributed by atoms with Crippen molar-refractivity contribution in [3.05, 3.63) is 71.9 Å². The third-order valence-corrected chi connectivity index (χ3v) is 6.07. The van der Waals surface area contributed by atoms with Gasteiger partial charge in [0.1, 0.15) is 17.7 Å². The number of rotatable bonds is 5. The molecular weight excluding hydrogens is 433 g/mol. The van der Waals surface area contributed by atoms with Gasteiger partial charge in [0.2, 0.25) is 0 Å². The van der Waals surface area contributed by atoms with Crippen molar-refractivity contribution in [1.82, 2.24) is 19.5 Å². The fourth-order valence-corrected chi connectivity index (χ4v) is 4.45. The number of nitrogen functional groups attached to an aromatic ring is 1. The van der Waals surface area contributed by atoms with Crippen molar-refractivity contribution >= 4 is 28.7 Å². The van der Waals surface area contributed by atoms with Gasteiger partial charge in [0.15, 0.2) is 5.82 Å². The first-order valence-corrected chi connectivity index (χ1v) is 11.3. The molecule has 1 fully saturated rings. The zero-order chi connectivity index (χ0) is 23.7. The molecule has 0 aliphatic carbocycles. The number of carbonyl (C=O) groups excluding carboxylic acids is 1. The lowest BCUT2D eigenvalue weighted by Gasteiger charge is -2.15. The lowest BCUT2D eigenvalue weighted by Crippen LogP contribution is -2.20. The maximum Gasteiger partial charge on any atom is 0.323 e. The minimum atomic E-state index is -0.515. The summed E-state index contributed by atoms with van der Waals surface area (Å²) < 4.78 is 15.7. The number of halogens is 1. The average molecular weight is 460 g/mol. The van der Waals surface area contributed by atoms with Gasteiger partial charge in [-0.15, -0.1) is 0 Å². The molecule has 4 aromatic rings. The molecule has 0 bridgehead atoms. The molecule has 0 saturated carbocycles. The van der Waals surface area contributed by atoms with E-state index in [4.69, 9.17) is 5.73 Å². The molecule has 1 aliphatic rings. The van der Waals surface area contributed by atoms with Crippen molar-refractivity contribution in [2.45, 2.75) is 26.3 Å². The number of nitrogens with zero attached hydrogens (tertiary/aromatic N) is 4. The Morgan fingerprint density at radius 3 is 2.65 bits per heavy atom. The summed E-state index contributed by atoms with van der Waals surface area (Å²) >= 11 is 0. The maximum absolute atomic E-state index is 14.0. The van der Waals surface area contributed by atoms with Crippen molar-refractivity contribution < 1.29 is 9.18 Å². The third-order valence-electron chi connectivity index (χ3n) is 6.07. The van der Waals surface area contributed by atoms with Crippen LogP contribution in [0.1, 0.15) is 24.0 Å². The summed E-state index contributed by atoms with van der Waals surface area (Å²) in [4.78, 5) is 19.0. The quantitative estimate of drug-likeness (QED) is 0.403. The monoisotopic (exact) mass is 459 g/mol. The second-order valence-corrected chi connectivity index (χ2v) is 8.59. The fraction of sp³-hybridized carbons (Fsp3) is 0.240. The van der Waals surface area contributed by atoms with E-state index < -0.39 is 11.8 Å². The number of carbonyl (C=O) groups is 1. The van der Waals surface area contributed by atoms with E-state index >= 15 is 0 Å². The van der Waals surface area contributed by atoms with Crippen LogP contribution in [0.3, 0.4) is 0 Å². The number of amides is 2. The normalized spacial score (nSPS) is 13.9. The molecule has 1 saturated heterocycles. The van der Waals surface area contributed by atoms with Gasteiger partial charge in [-0.2, -0.15) is 5.10 Å². The number of anilines is 3. The number of hydrogen-bond donors (Lipinski definition) is 3. The number of hydrogen-bond acceptors (Lipinski definition) is 5. The van der Waals surface area contributed by atoms with Crippen LogP contribution < -0.4 is 16.4 Å². The summed E-state index contributed by atoms with van der Waals surface area (Å²) in [5.74, 6) is -0.0681. The smallest absolute Gasteiger partial charge is 0.323 e. The highest BCUT2D eigenvalue weighted by Crippen LogP contribution is 2.34. The summed E-state index contributed by atoms with van der Waals surface area (Å²) in [6.07, 6.45) is 5.88. The summed E-state index contributed by atoms with van der Waals surface area (Å²) in [6.45, 7) is 4.80. The van der Waals surface area contributed by atoms with Crippen LogP contribution in [0.25, 0.3) is 16.6 Å². The molecule has 0 atom stereocenters. The van der Waals surface area contributed by atoms with Gasteiger partial charge in [-0.3, -0.25) is 4.90 Å². The highest BCUT2D eigenvalue weighted by Gasteiger charge is 2.20. The molecule has 2 aromatic heterocycles. The molecule has 174 valence electrons. The van der Waals surface area contributed by atoms with E-state index in [9.17, 15) is 9.18 Å². The first-order valence-electron chi connectivity index (χ1n) is 11.3. The summed E-state index contributed by atoms with van der Waals surface area (Å²) in [5.41, 5.74) is 11.6. The first-order chi connectivity index (χ1) is 16.5. The predicted molar refractivity (Wildman–Crippen MR) is 131 cm³/mol. The molecule has 34 heavy (non-hydrogen) atoms. The first kappa shape index (κ1) is 21.8. The van der Waals surface area contributed by atoms with Crippen LogP contribution in [0.4, 0.5) is 26.4 Å². The Morgan fingerprint density at radius 2 is 1.88 bits per heavy atom. The molecule has 2 aromatic carbocycles. The fourth-order valence-electron chi connectivity index (χ4n) is 4.45. The number of fused-ring (bicyclic) bond motifs is 1. The van der Waals surface area contributed by atoms with Crippen LogP contribution in [0.2, 0.25) is 0 Å². The number of likely N-dealkylation sites (tertiary alicyclic amines) is 1. The standard InChI is InChI=1S/C25H26FN7O/c1-16-4-9-20(26)21(12-16)31-25(34)30-19-7-5-17(6-8-19)22-18(13-32-10-2-3-11-32)14-33-23(22)24(27)28-15-29-33/h4-9,12,14-15H,2-3,10-11,13H2,1H3,(H2,27,28,29)(H2,30,31,34). The van der Waals surface area contributed by atoms with Crippen molar-refractivity contribution in [1.29, 1.82) is 0 Å². The number of aromatic nitrogens is 3. The molecule has 4 N–H and O–H groups in total. The third kappa shape index (κ3) is 4.42. The Labute approximate surface area is 196 Å². The highest BCUT2D eigenvalue weighted by atomic mass is 19.1. The van der Waals surface area contributed by atoms with Gasteiger partial charge in [0, 0.05) is 24.0 Å². The van der Waals surface area contributed by atoms with Crippen molar-refractivity contribution in [3.63, 3.8) is 0 Å². The second-order valence-electron chi connectivity index (χ2n) is 8.59. The number of nitrogens with one attached hydrogen (secondary N) is 2. The Kier molecular flexibility index (Phi) is 5.85. The summed E-state index contributed by atoms with van der Waals surface area (Å²) in [5, 5.41) is 9.65. The lowest BCUT2D eigenvalue weighted by molar-refractivity contribution is 0.262. The second kappa shape index (κ2) is 9.11. The van der Waals surface area contributed by atoms with E-state index in [0.29, 0.717) is 11.5 Å². The van der Waals surface area contributed by atoms with Gasteiger partial charge < -0.3 is 16.4 Å². The molecular formula is C25H26FN7O. The van der Waals surface area contributed by atoms with Crippen LogP contribution >= 0.6 is 0 Å². The molecule has 0 unspecified atom stereocenters. The zero-order valence-electron chi connectivity index (χ0n) is 18.9. The van der Waals surface area contributed by atoms with Crippen LogP contribution in [0, 0.1) is 12.7 Å². The van der Waals surface area contributed by atoms with Gasteiger partial charge in [-0.05, 0) is 73.8 Å². The molecule has 0 spiro atoms. The van der Waals surface area contributed by atoms with Crippen molar-refractivity contribution in [2.75, 3.05) is 29.5 Å². The highest BCUT2D eigenvalue weighted by molar-refractivity contribution is 6.00. The Morgan fingerprint density at radius 1 is 1.12 bits per heavy atom. The van der Waals surface area contributed by atoms with E-state index in [1.165, 1.54) is 25.2 Å². The van der Waals surface area contributed by atoms with Crippen molar-refractivity contribution in [3.8, 4) is 11.1 Å². The van der Waals surface area contributed by atoms with Gasteiger partial charge in [0.05, 0.1) is 5.69 Å². The van der Waals surface area contributed by atoms with Gasteiger partial charge in [-0.1, -0.05) is 18.2 Å². The molecule has 8 nitrogen and oxygen atoms in total. The van der Waals surface area contributed by atoms with Crippen LogP contribution in [-0.4, -0.2) is 38.6 Å². The van der Waals surface area contributed by atoms with E-state index in [1.807, 2.05) is 37.4 Å². The number of urea groups is 1. The van der Waals surface area contributed by atoms with E-state index in [1.54, 1.807) is 16.6 Å². The number of benzene rings is 2. The molecule has 3 heterocycles. The zero-order valence-corrected chi connectivity index (χ0v) is 18.9. The van der Waals surface area contributed by atoms with Crippen LogP contribution in [0.5, 0.6) is 0 Å². The molecule has 5 rings (SSSR count). The predicted octanol–water partition coefficient (Wildman–Crippen LogP) is 4.67. The average Bonchev–Trinajstić information content (AvgIpc) is 3.45. The van der Waals surface area contributed by atoms with E-state index in [-0.39, 0.29) is 5.69 Å². The molecule has 1 aliphatic heterocycles. The largest absolute Gasteiger partial charge is 0.382 e. The van der Waals surface area contributed by atoms with Crippen molar-refractivity contribution in [2.24, 2.45) is 0 Å². The maximum atomic E-state index is 14.0. The summed E-state index contributed by atoms with van der Waals surface area (Å²) in [6, 6.07) is 11.5. The topological polar surface area (TPSA) is 101 Å². The van der Waals surface area contributed by atoms with Gasteiger partial charge >= 0.3 is 6.03 Å². The molecule has 9 heteroatoms. The Balaban J connectivity index is 1.40. The SMILES string of the molecule is Cc1ccc(F)c(NC(=O)Nc2ccc(-c3c(CN4CCCC4)cn4ncnc(N)c34)cc2)c1. The molecule has 0 radical (unpaired) electrons. The van der Waals surface area contributed by atoms with Gasteiger partial charge in [0.25, 0.3) is 0 Å². The Bertz CT molecular complexity index is 1340. The van der Waals surface area contributed by atoms with E-state index in [2.05, 4.69) is 25.6 Å². The van der Waals surface area contributed by atoms with E-state index in [0.717, 1.165) is 47.4 Å². The minimum absolute atomic E-state index is 0.136. The van der Waals surface area contributed by atoms with Crippen LogP contribution in [0.15, 0.2) is 55.0 Å². The van der Waals surface area contributed by atoms with Gasteiger partial charge in [-0.25, -0.2) is 18.7 Å². The number of nitrogens with two attached hydrogens (primary N) is 1. The number of aryl methyl sites for hydroxylation is 1. The minimum Gasteiger partial charge on any atom is -0.382 e. The lowest BCUT2D eigenvalue weighted by atomic mass is 10.0. The molecule has 2 amide bonds. The summed E-state index contributed by atoms with van der Waals surface area (Å²) in [7, 11) is 0. The van der Waals surface area contributed by atoms with Crippen LogP contribution in [-0.2, 0) is 6.54 Å². The Hall–Kier alpha value is -3.98.